The van der Waals surface area contributed by atoms with E-state index in [1.165, 1.54) is 0 Å². The van der Waals surface area contributed by atoms with Gasteiger partial charge in [-0.2, -0.15) is 4.98 Å². The maximum atomic E-state index is 11.4. The highest BCUT2D eigenvalue weighted by atomic mass is 16.5. The Hall–Kier alpha value is -2.93. The number of benzene rings is 1. The molecule has 1 unspecified atom stereocenters. The Labute approximate surface area is 143 Å². The number of nitrogens with zero attached hydrogens (tertiary/aromatic N) is 3. The smallest absolute Gasteiger partial charge is 0.335 e. The normalized spacial score (nSPS) is 17.8. The molecule has 4 rings (SSSR count). The molecule has 0 amide bonds. The Kier molecular flexibility index (Phi) is 4.07. The van der Waals surface area contributed by atoms with Crippen LogP contribution in [0.15, 0.2) is 51.6 Å². The molecule has 1 aromatic carbocycles. The summed E-state index contributed by atoms with van der Waals surface area (Å²) >= 11 is 0. The molecule has 1 aliphatic rings. The van der Waals surface area contributed by atoms with Gasteiger partial charge in [0.15, 0.2) is 5.76 Å². The zero-order valence-electron chi connectivity index (χ0n) is 13.5. The van der Waals surface area contributed by atoms with Gasteiger partial charge in [0.1, 0.15) is 0 Å². The zero-order chi connectivity index (χ0) is 17.2. The second kappa shape index (κ2) is 6.52. The molecule has 7 heteroatoms. The van der Waals surface area contributed by atoms with E-state index in [0.717, 1.165) is 25.1 Å². The van der Waals surface area contributed by atoms with Crippen LogP contribution in [0.5, 0.6) is 0 Å². The van der Waals surface area contributed by atoms with Crippen LogP contribution in [-0.2, 0) is 6.54 Å². The molecule has 1 fully saturated rings. The van der Waals surface area contributed by atoms with Gasteiger partial charge in [-0.15, -0.1) is 0 Å². The quantitative estimate of drug-likeness (QED) is 0.763. The summed E-state index contributed by atoms with van der Waals surface area (Å²) in [6.07, 6.45) is 2.47. The number of likely N-dealkylation sites (tertiary alicyclic amines) is 1. The number of aromatic carboxylic acids is 1. The van der Waals surface area contributed by atoms with Crippen LogP contribution in [0, 0.1) is 0 Å². The van der Waals surface area contributed by atoms with Gasteiger partial charge in [-0.1, -0.05) is 23.4 Å². The van der Waals surface area contributed by atoms with Crippen molar-refractivity contribution in [1.29, 1.82) is 0 Å². The Bertz CT molecular complexity index is 872. The first-order chi connectivity index (χ1) is 12.2. The molecular weight excluding hydrogens is 322 g/mol. The highest BCUT2D eigenvalue weighted by Crippen LogP contribution is 2.30. The van der Waals surface area contributed by atoms with Crippen LogP contribution >= 0.6 is 0 Å². The highest BCUT2D eigenvalue weighted by molar-refractivity contribution is 5.89. The van der Waals surface area contributed by atoms with Crippen molar-refractivity contribution in [2.24, 2.45) is 0 Å². The highest BCUT2D eigenvalue weighted by Gasteiger charge is 2.28. The van der Waals surface area contributed by atoms with Crippen molar-refractivity contribution in [3.8, 4) is 11.6 Å². The number of carboxylic acids is 1. The molecule has 1 atom stereocenters. The topological polar surface area (TPSA) is 92.6 Å². The monoisotopic (exact) mass is 339 g/mol. The number of hydrogen-bond donors (Lipinski definition) is 1. The van der Waals surface area contributed by atoms with Crippen molar-refractivity contribution in [2.75, 3.05) is 13.1 Å². The molecular formula is C18H17N3O4. The van der Waals surface area contributed by atoms with Crippen LogP contribution < -0.4 is 0 Å². The molecule has 2 aromatic heterocycles. The average molecular weight is 339 g/mol. The fourth-order valence-corrected chi connectivity index (χ4v) is 3.29. The molecule has 25 heavy (non-hydrogen) atoms. The Morgan fingerprint density at radius 2 is 2.16 bits per heavy atom. The molecule has 1 N–H and O–H groups in total. The van der Waals surface area contributed by atoms with Gasteiger partial charge in [-0.3, -0.25) is 4.90 Å². The van der Waals surface area contributed by atoms with Gasteiger partial charge in [0.05, 0.1) is 18.4 Å². The van der Waals surface area contributed by atoms with Crippen molar-refractivity contribution in [2.45, 2.75) is 18.9 Å². The van der Waals surface area contributed by atoms with E-state index < -0.39 is 5.97 Å². The number of carbonyl (C=O) groups is 1. The minimum absolute atomic E-state index is 0.194. The van der Waals surface area contributed by atoms with Gasteiger partial charge < -0.3 is 14.0 Å². The SMILES string of the molecule is O=C(O)c1ccccc1C1CCN(Cc2nc(-c3ccco3)no2)C1. The van der Waals surface area contributed by atoms with Gasteiger partial charge in [-0.05, 0) is 42.6 Å². The maximum absolute atomic E-state index is 11.4. The summed E-state index contributed by atoms with van der Waals surface area (Å²) in [4.78, 5) is 18.0. The molecule has 3 aromatic rings. The van der Waals surface area contributed by atoms with Crippen molar-refractivity contribution < 1.29 is 18.8 Å². The van der Waals surface area contributed by atoms with E-state index in [2.05, 4.69) is 15.0 Å². The number of hydrogen-bond acceptors (Lipinski definition) is 6. The third-order valence-electron chi connectivity index (χ3n) is 4.47. The molecule has 1 aliphatic heterocycles. The second-order valence-corrected chi connectivity index (χ2v) is 6.10. The van der Waals surface area contributed by atoms with E-state index in [1.54, 1.807) is 30.5 Å². The Morgan fingerprint density at radius 1 is 1.28 bits per heavy atom. The van der Waals surface area contributed by atoms with Gasteiger partial charge in [0.2, 0.25) is 11.7 Å². The lowest BCUT2D eigenvalue weighted by Gasteiger charge is -2.15. The Morgan fingerprint density at radius 3 is 2.96 bits per heavy atom. The van der Waals surface area contributed by atoms with E-state index in [-0.39, 0.29) is 5.92 Å². The maximum Gasteiger partial charge on any atom is 0.335 e. The van der Waals surface area contributed by atoms with Crippen LogP contribution in [0.4, 0.5) is 0 Å². The fourth-order valence-electron chi connectivity index (χ4n) is 3.29. The molecule has 0 aliphatic carbocycles. The van der Waals surface area contributed by atoms with Crippen molar-refractivity contribution in [3.05, 3.63) is 59.7 Å². The lowest BCUT2D eigenvalue weighted by molar-refractivity contribution is 0.0695. The van der Waals surface area contributed by atoms with Crippen molar-refractivity contribution in [1.82, 2.24) is 15.0 Å². The van der Waals surface area contributed by atoms with Gasteiger partial charge in [0, 0.05) is 6.54 Å². The molecule has 128 valence electrons. The second-order valence-electron chi connectivity index (χ2n) is 6.10. The predicted octanol–water partition coefficient (Wildman–Crippen LogP) is 3.02. The summed E-state index contributed by atoms with van der Waals surface area (Å²) in [6, 6.07) is 10.8. The lowest BCUT2D eigenvalue weighted by Crippen LogP contribution is -2.20. The number of carboxylic acid groups (broad SMARTS) is 1. The van der Waals surface area contributed by atoms with E-state index in [9.17, 15) is 9.90 Å². The largest absolute Gasteiger partial charge is 0.478 e. The number of aromatic nitrogens is 2. The summed E-state index contributed by atoms with van der Waals surface area (Å²) in [5, 5.41) is 13.3. The standard InChI is InChI=1S/C18H17N3O4/c22-18(23)14-5-2-1-4-13(14)12-7-8-21(10-12)11-16-19-17(20-25-16)15-6-3-9-24-15/h1-6,9,12H,7-8,10-11H2,(H,22,23). The van der Waals surface area contributed by atoms with E-state index in [1.807, 2.05) is 12.1 Å². The van der Waals surface area contributed by atoms with Gasteiger partial charge in [0.25, 0.3) is 0 Å². The summed E-state index contributed by atoms with van der Waals surface area (Å²) in [6.45, 7) is 2.17. The Balaban J connectivity index is 1.44. The van der Waals surface area contributed by atoms with Crippen LogP contribution in [0.2, 0.25) is 0 Å². The van der Waals surface area contributed by atoms with E-state index >= 15 is 0 Å². The molecule has 0 bridgehead atoms. The first-order valence-electron chi connectivity index (χ1n) is 8.12. The van der Waals surface area contributed by atoms with Crippen LogP contribution in [0.25, 0.3) is 11.6 Å². The summed E-state index contributed by atoms with van der Waals surface area (Å²) < 4.78 is 10.6. The minimum Gasteiger partial charge on any atom is -0.478 e. The molecule has 1 saturated heterocycles. The van der Waals surface area contributed by atoms with Gasteiger partial charge in [-0.25, -0.2) is 4.79 Å². The first-order valence-corrected chi connectivity index (χ1v) is 8.12. The van der Waals surface area contributed by atoms with E-state index in [4.69, 9.17) is 8.94 Å². The average Bonchev–Trinajstić information content (AvgIpc) is 3.36. The summed E-state index contributed by atoms with van der Waals surface area (Å²) in [5.74, 6) is 0.851. The molecule has 0 saturated carbocycles. The predicted molar refractivity (Wildman–Crippen MR) is 88.0 cm³/mol. The van der Waals surface area contributed by atoms with Crippen molar-refractivity contribution >= 4 is 5.97 Å². The third-order valence-corrected chi connectivity index (χ3v) is 4.47. The number of rotatable bonds is 5. The fraction of sp³-hybridized carbons (Fsp3) is 0.278. The summed E-state index contributed by atoms with van der Waals surface area (Å²) in [5.41, 5.74) is 1.27. The zero-order valence-corrected chi connectivity index (χ0v) is 13.5. The molecule has 0 radical (unpaired) electrons. The minimum atomic E-state index is -0.881. The van der Waals surface area contributed by atoms with Crippen LogP contribution in [0.3, 0.4) is 0 Å². The van der Waals surface area contributed by atoms with Crippen LogP contribution in [0.1, 0.15) is 34.2 Å². The third kappa shape index (κ3) is 3.18. The lowest BCUT2D eigenvalue weighted by atomic mass is 9.93. The summed E-state index contributed by atoms with van der Waals surface area (Å²) in [7, 11) is 0. The van der Waals surface area contributed by atoms with Gasteiger partial charge >= 0.3 is 5.97 Å². The molecule has 3 heterocycles. The van der Waals surface area contributed by atoms with Crippen molar-refractivity contribution in [3.63, 3.8) is 0 Å². The molecule has 0 spiro atoms. The first kappa shape index (κ1) is 15.6. The van der Waals surface area contributed by atoms with Crippen LogP contribution in [-0.4, -0.2) is 39.2 Å². The number of furan rings is 1. The molecule has 7 nitrogen and oxygen atoms in total. The van der Waals surface area contributed by atoms with E-state index in [0.29, 0.717) is 29.6 Å².